The molecule has 0 amide bonds. The van der Waals surface area contributed by atoms with Crippen LogP contribution in [0.4, 0.5) is 5.95 Å². The fraction of sp³-hybridized carbons (Fsp3) is 0.381. The second-order valence-corrected chi connectivity index (χ2v) is 7.11. The van der Waals surface area contributed by atoms with E-state index in [4.69, 9.17) is 19.4 Å². The predicted molar refractivity (Wildman–Crippen MR) is 107 cm³/mol. The molecule has 5 rings (SSSR count). The number of methoxy groups -OCH3 is 1. The Hall–Kier alpha value is -3.13. The zero-order valence-electron chi connectivity index (χ0n) is 16.3. The molecule has 152 valence electrons. The molecule has 8 heteroatoms. The normalized spacial score (nSPS) is 17.3. The van der Waals surface area contributed by atoms with E-state index >= 15 is 0 Å². The van der Waals surface area contributed by atoms with E-state index in [0.717, 1.165) is 56.3 Å². The minimum Gasteiger partial charge on any atom is -0.496 e. The van der Waals surface area contributed by atoms with Crippen LogP contribution in [0.5, 0.6) is 5.75 Å². The summed E-state index contributed by atoms with van der Waals surface area (Å²) in [5.74, 6) is 1.86. The molecule has 2 aromatic heterocycles. The van der Waals surface area contributed by atoms with Gasteiger partial charge in [-0.2, -0.15) is 0 Å². The first-order valence-corrected chi connectivity index (χ1v) is 9.65. The highest BCUT2D eigenvalue weighted by molar-refractivity contribution is 5.49. The van der Waals surface area contributed by atoms with Gasteiger partial charge in [0.15, 0.2) is 5.65 Å². The summed E-state index contributed by atoms with van der Waals surface area (Å²) in [6, 6.07) is 12.3. The second kappa shape index (κ2) is 8.08. The summed E-state index contributed by atoms with van der Waals surface area (Å²) >= 11 is 0. The smallest absolute Gasteiger partial charge is 0.290 e. The van der Waals surface area contributed by atoms with Gasteiger partial charge in [0, 0.05) is 24.8 Å². The molecule has 3 aromatic rings. The van der Waals surface area contributed by atoms with Crippen LogP contribution in [0.1, 0.15) is 24.0 Å². The average Bonchev–Trinajstić information content (AvgIpc) is 3.19. The Bertz CT molecular complexity index is 981. The SMILES string of the molecule is COc1cccc2c1C1(CCN(c3nnc4ccccn34)CC1)OCC2.O=CO. The van der Waals surface area contributed by atoms with E-state index in [0.29, 0.717) is 0 Å². The maximum atomic E-state index is 8.36. The Balaban J connectivity index is 0.000000645. The van der Waals surface area contributed by atoms with Gasteiger partial charge in [-0.3, -0.25) is 9.20 Å². The summed E-state index contributed by atoms with van der Waals surface area (Å²) in [5.41, 5.74) is 3.23. The molecule has 0 aliphatic carbocycles. The van der Waals surface area contributed by atoms with Crippen LogP contribution >= 0.6 is 0 Å². The van der Waals surface area contributed by atoms with Crippen molar-refractivity contribution >= 4 is 18.1 Å². The Morgan fingerprint density at radius 1 is 1.17 bits per heavy atom. The van der Waals surface area contributed by atoms with Crippen LogP contribution in [0.25, 0.3) is 5.65 Å². The summed E-state index contributed by atoms with van der Waals surface area (Å²) in [6.45, 7) is 2.29. The van der Waals surface area contributed by atoms with Crippen LogP contribution in [-0.4, -0.2) is 53.0 Å². The van der Waals surface area contributed by atoms with Crippen molar-refractivity contribution in [2.24, 2.45) is 0 Å². The number of rotatable bonds is 2. The molecule has 0 radical (unpaired) electrons. The molecule has 1 saturated heterocycles. The van der Waals surface area contributed by atoms with Gasteiger partial charge in [0.05, 0.1) is 13.7 Å². The molecule has 0 saturated carbocycles. The molecule has 1 aromatic carbocycles. The lowest BCUT2D eigenvalue weighted by Gasteiger charge is -2.45. The van der Waals surface area contributed by atoms with E-state index < -0.39 is 0 Å². The van der Waals surface area contributed by atoms with Crippen LogP contribution in [0.15, 0.2) is 42.6 Å². The number of carboxylic acid groups (broad SMARTS) is 1. The lowest BCUT2D eigenvalue weighted by Crippen LogP contribution is -2.47. The van der Waals surface area contributed by atoms with Gasteiger partial charge >= 0.3 is 0 Å². The molecule has 2 aliphatic rings. The highest BCUT2D eigenvalue weighted by Crippen LogP contribution is 2.46. The molecule has 2 aliphatic heterocycles. The number of hydrogen-bond acceptors (Lipinski definition) is 6. The number of piperidine rings is 1. The number of benzene rings is 1. The van der Waals surface area contributed by atoms with Gasteiger partial charge in [-0.1, -0.05) is 18.2 Å². The Morgan fingerprint density at radius 2 is 1.97 bits per heavy atom. The molecule has 29 heavy (non-hydrogen) atoms. The Kier molecular flexibility index (Phi) is 5.35. The molecule has 1 fully saturated rings. The first-order valence-electron chi connectivity index (χ1n) is 9.65. The van der Waals surface area contributed by atoms with Crippen molar-refractivity contribution in [1.29, 1.82) is 0 Å². The number of nitrogens with zero attached hydrogens (tertiary/aromatic N) is 4. The van der Waals surface area contributed by atoms with E-state index in [1.807, 2.05) is 34.9 Å². The van der Waals surface area contributed by atoms with Gasteiger partial charge in [0.25, 0.3) is 6.47 Å². The number of ether oxygens (including phenoxy) is 2. The van der Waals surface area contributed by atoms with Gasteiger partial charge in [-0.15, -0.1) is 10.2 Å². The third-order valence-corrected chi connectivity index (χ3v) is 5.69. The second-order valence-electron chi connectivity index (χ2n) is 7.11. The molecular weight excluding hydrogens is 372 g/mol. The Morgan fingerprint density at radius 3 is 2.72 bits per heavy atom. The summed E-state index contributed by atoms with van der Waals surface area (Å²) in [4.78, 5) is 10.7. The maximum absolute atomic E-state index is 8.36. The summed E-state index contributed by atoms with van der Waals surface area (Å²) < 4.78 is 14.1. The van der Waals surface area contributed by atoms with Crippen molar-refractivity contribution in [3.05, 3.63) is 53.7 Å². The van der Waals surface area contributed by atoms with Crippen LogP contribution in [0.3, 0.4) is 0 Å². The van der Waals surface area contributed by atoms with E-state index in [-0.39, 0.29) is 12.1 Å². The zero-order valence-corrected chi connectivity index (χ0v) is 16.3. The quantitative estimate of drug-likeness (QED) is 0.666. The van der Waals surface area contributed by atoms with Crippen molar-refractivity contribution in [2.75, 3.05) is 31.7 Å². The molecule has 4 heterocycles. The highest BCUT2D eigenvalue weighted by atomic mass is 16.5. The van der Waals surface area contributed by atoms with Crippen molar-refractivity contribution in [3.63, 3.8) is 0 Å². The van der Waals surface area contributed by atoms with Gasteiger partial charge < -0.3 is 19.5 Å². The first-order chi connectivity index (χ1) is 14.2. The molecule has 0 bridgehead atoms. The van der Waals surface area contributed by atoms with E-state index in [1.165, 1.54) is 11.1 Å². The minimum absolute atomic E-state index is 0.250. The summed E-state index contributed by atoms with van der Waals surface area (Å²) in [7, 11) is 1.75. The van der Waals surface area contributed by atoms with Crippen molar-refractivity contribution in [3.8, 4) is 5.75 Å². The number of fused-ring (bicyclic) bond motifs is 3. The molecule has 8 nitrogen and oxygen atoms in total. The standard InChI is InChI=1S/C20H22N4O2.CH2O2/c1-25-16-6-4-5-15-8-14-26-20(18(15)16)9-12-23(13-10-20)19-22-21-17-7-2-3-11-24(17)19;2-1-3/h2-7,11H,8-10,12-14H2,1H3;1H,(H,2,3). The molecule has 0 unspecified atom stereocenters. The largest absolute Gasteiger partial charge is 0.496 e. The number of anilines is 1. The van der Waals surface area contributed by atoms with Crippen molar-refractivity contribution in [2.45, 2.75) is 24.9 Å². The fourth-order valence-electron chi connectivity index (χ4n) is 4.41. The third kappa shape index (κ3) is 3.40. The lowest BCUT2D eigenvalue weighted by molar-refractivity contribution is -0.122. The first kappa shape index (κ1) is 19.2. The number of pyridine rings is 1. The van der Waals surface area contributed by atoms with Crippen molar-refractivity contribution < 1.29 is 19.4 Å². The van der Waals surface area contributed by atoms with Crippen LogP contribution in [0.2, 0.25) is 0 Å². The van der Waals surface area contributed by atoms with Gasteiger partial charge in [0.1, 0.15) is 11.4 Å². The zero-order chi connectivity index (χ0) is 20.3. The predicted octanol–water partition coefficient (Wildman–Crippen LogP) is 2.51. The average molecular weight is 396 g/mol. The Labute approximate surface area is 168 Å². The monoisotopic (exact) mass is 396 g/mol. The minimum atomic E-state index is -0.253. The van der Waals surface area contributed by atoms with Crippen LogP contribution in [-0.2, 0) is 21.6 Å². The van der Waals surface area contributed by atoms with Gasteiger partial charge in [-0.25, -0.2) is 0 Å². The van der Waals surface area contributed by atoms with Crippen LogP contribution in [0, 0.1) is 0 Å². The number of carbonyl (C=O) groups is 1. The molecule has 1 N–H and O–H groups in total. The molecular formula is C21H24N4O4. The summed E-state index contributed by atoms with van der Waals surface area (Å²) in [6.07, 6.45) is 4.81. The fourth-order valence-corrected chi connectivity index (χ4v) is 4.41. The third-order valence-electron chi connectivity index (χ3n) is 5.69. The van der Waals surface area contributed by atoms with E-state index in [9.17, 15) is 0 Å². The van der Waals surface area contributed by atoms with Gasteiger partial charge in [0.2, 0.25) is 5.95 Å². The molecule has 0 atom stereocenters. The topological polar surface area (TPSA) is 89.2 Å². The number of aromatic nitrogens is 3. The highest BCUT2D eigenvalue weighted by Gasteiger charge is 2.43. The van der Waals surface area contributed by atoms with E-state index in [2.05, 4.69) is 27.2 Å². The van der Waals surface area contributed by atoms with Crippen molar-refractivity contribution in [1.82, 2.24) is 14.6 Å². The van der Waals surface area contributed by atoms with Crippen LogP contribution < -0.4 is 9.64 Å². The number of hydrogen-bond donors (Lipinski definition) is 1. The van der Waals surface area contributed by atoms with Gasteiger partial charge in [-0.05, 0) is 43.0 Å². The lowest BCUT2D eigenvalue weighted by atomic mass is 9.79. The summed E-state index contributed by atoms with van der Waals surface area (Å²) in [5, 5.41) is 15.6. The molecule has 1 spiro atoms. The maximum Gasteiger partial charge on any atom is 0.290 e. The van der Waals surface area contributed by atoms with E-state index in [1.54, 1.807) is 7.11 Å².